The van der Waals surface area contributed by atoms with E-state index in [1.807, 2.05) is 0 Å². The number of pyridine rings is 1. The van der Waals surface area contributed by atoms with E-state index in [4.69, 9.17) is 9.47 Å². The number of hydrogen-bond donors (Lipinski definition) is 1. The van der Waals surface area contributed by atoms with E-state index in [-0.39, 0.29) is 53.9 Å². The molecular formula is C22H23F6N3O5S. The molecule has 2 aliphatic rings. The fourth-order valence-corrected chi connectivity index (χ4v) is 5.36. The molecule has 0 unspecified atom stereocenters. The molecule has 2 atom stereocenters. The molecule has 2 fully saturated rings. The quantitative estimate of drug-likeness (QED) is 0.516. The van der Waals surface area contributed by atoms with Crippen LogP contribution < -0.4 is 10.1 Å². The molecule has 204 valence electrons. The van der Waals surface area contributed by atoms with Gasteiger partial charge in [0, 0.05) is 56.8 Å². The Morgan fingerprint density at radius 2 is 1.81 bits per heavy atom. The monoisotopic (exact) mass is 555 g/mol. The average Bonchev–Trinajstić information content (AvgIpc) is 3.18. The van der Waals surface area contributed by atoms with E-state index in [9.17, 15) is 35.9 Å². The van der Waals surface area contributed by atoms with Crippen molar-refractivity contribution in [2.24, 2.45) is 0 Å². The number of amides is 2. The molecule has 0 spiro atoms. The zero-order chi connectivity index (χ0) is 27.1. The maximum Gasteiger partial charge on any atom is 0.522 e. The Balaban J connectivity index is 1.39. The number of hydrogen-bond acceptors (Lipinski definition) is 7. The molecule has 0 bridgehead atoms. The topological polar surface area (TPSA) is 90.0 Å². The molecule has 15 heteroatoms. The summed E-state index contributed by atoms with van der Waals surface area (Å²) in [7, 11) is 1.36. The Bertz CT molecular complexity index is 1160. The van der Waals surface area contributed by atoms with Gasteiger partial charge in [0.2, 0.25) is 5.88 Å². The van der Waals surface area contributed by atoms with Crippen LogP contribution in [0, 0.1) is 0 Å². The van der Waals surface area contributed by atoms with Gasteiger partial charge in [-0.1, -0.05) is 0 Å². The highest BCUT2D eigenvalue weighted by molar-refractivity contribution is 7.17. The van der Waals surface area contributed by atoms with Crippen molar-refractivity contribution in [2.45, 2.75) is 69.5 Å². The van der Waals surface area contributed by atoms with Crippen LogP contribution >= 0.6 is 11.3 Å². The molecule has 3 heterocycles. The number of nitrogens with zero attached hydrogens (tertiary/aromatic N) is 2. The van der Waals surface area contributed by atoms with Crippen LogP contribution in [0.3, 0.4) is 0 Å². The average molecular weight is 555 g/mol. The van der Waals surface area contributed by atoms with Crippen LogP contribution in [0.1, 0.15) is 48.5 Å². The summed E-state index contributed by atoms with van der Waals surface area (Å²) in [6.07, 6.45) is -12.0. The first-order valence-electron chi connectivity index (χ1n) is 11.3. The number of thiophene rings is 1. The van der Waals surface area contributed by atoms with Crippen LogP contribution in [0.4, 0.5) is 31.1 Å². The maximum absolute atomic E-state index is 13.7. The number of aromatic nitrogens is 1. The van der Waals surface area contributed by atoms with Crippen LogP contribution in [0.25, 0.3) is 10.2 Å². The van der Waals surface area contributed by atoms with E-state index in [0.717, 1.165) is 17.4 Å². The van der Waals surface area contributed by atoms with Gasteiger partial charge in [-0.3, -0.25) is 9.53 Å². The second kappa shape index (κ2) is 10.2. The molecule has 1 saturated heterocycles. The lowest BCUT2D eigenvalue weighted by Gasteiger charge is -2.40. The highest BCUT2D eigenvalue weighted by Crippen LogP contribution is 2.40. The maximum atomic E-state index is 13.7. The van der Waals surface area contributed by atoms with Gasteiger partial charge in [0.15, 0.2) is 0 Å². The normalized spacial score (nSPS) is 24.5. The van der Waals surface area contributed by atoms with Gasteiger partial charge in [-0.15, -0.1) is 24.5 Å². The Morgan fingerprint density at radius 1 is 1.11 bits per heavy atom. The van der Waals surface area contributed by atoms with E-state index in [1.54, 1.807) is 6.92 Å². The van der Waals surface area contributed by atoms with Gasteiger partial charge in [-0.05, 0) is 6.92 Å². The van der Waals surface area contributed by atoms with Gasteiger partial charge in [0.05, 0.1) is 27.4 Å². The minimum atomic E-state index is -4.75. The number of nitrogens with one attached hydrogen (secondary N) is 1. The van der Waals surface area contributed by atoms with Crippen LogP contribution in [0.5, 0.6) is 5.88 Å². The predicted octanol–water partition coefficient (Wildman–Crippen LogP) is 5.11. The summed E-state index contributed by atoms with van der Waals surface area (Å²) in [4.78, 5) is 30.2. The molecular weight excluding hydrogens is 532 g/mol. The number of rotatable bonds is 5. The summed E-state index contributed by atoms with van der Waals surface area (Å²) in [5.41, 5.74) is -1.07. The SMILES string of the molecule is CNC(=O)c1csc2c(C(F)(F)F)cc(O[C@@H]3CCN(C(=O)OC4CC(OC(F)(F)F)C4)[C@H](C)C3)nc12. The first kappa shape index (κ1) is 27.2. The van der Waals surface area contributed by atoms with E-state index < -0.39 is 54.5 Å². The number of carbonyl (C=O) groups is 2. The van der Waals surface area contributed by atoms with Gasteiger partial charge in [0.25, 0.3) is 5.91 Å². The summed E-state index contributed by atoms with van der Waals surface area (Å²) >= 11 is 0.763. The number of carbonyl (C=O) groups excluding carboxylic acids is 2. The summed E-state index contributed by atoms with van der Waals surface area (Å²) in [5.74, 6) is -0.867. The second-order valence-electron chi connectivity index (χ2n) is 8.88. The second-order valence-corrected chi connectivity index (χ2v) is 9.76. The molecule has 1 saturated carbocycles. The molecule has 1 aliphatic heterocycles. The first-order valence-corrected chi connectivity index (χ1v) is 12.2. The molecule has 2 aromatic heterocycles. The van der Waals surface area contributed by atoms with Crippen LogP contribution in [0.2, 0.25) is 0 Å². The van der Waals surface area contributed by atoms with Crippen molar-refractivity contribution < 1.29 is 50.1 Å². The minimum absolute atomic E-state index is 0.00301. The number of alkyl halides is 6. The lowest BCUT2D eigenvalue weighted by Crippen LogP contribution is -2.50. The molecule has 37 heavy (non-hydrogen) atoms. The Kier molecular flexibility index (Phi) is 7.48. The van der Waals surface area contributed by atoms with Crippen molar-refractivity contribution in [2.75, 3.05) is 13.6 Å². The highest BCUT2D eigenvalue weighted by atomic mass is 32.1. The Hall–Kier alpha value is -2.81. The first-order chi connectivity index (χ1) is 17.2. The molecule has 2 amide bonds. The molecule has 0 aromatic carbocycles. The van der Waals surface area contributed by atoms with E-state index in [0.29, 0.717) is 0 Å². The molecule has 0 radical (unpaired) electrons. The van der Waals surface area contributed by atoms with Gasteiger partial charge in [0.1, 0.15) is 12.2 Å². The number of fused-ring (bicyclic) bond motifs is 1. The fraction of sp³-hybridized carbons (Fsp3) is 0.591. The number of ether oxygens (including phenoxy) is 3. The third kappa shape index (κ3) is 6.20. The Labute approximate surface area is 210 Å². The van der Waals surface area contributed by atoms with E-state index in [1.165, 1.54) is 17.3 Å². The molecule has 1 aliphatic carbocycles. The van der Waals surface area contributed by atoms with Crippen LogP contribution in [-0.4, -0.2) is 66.2 Å². The molecule has 1 N–H and O–H groups in total. The van der Waals surface area contributed by atoms with Crippen molar-refractivity contribution in [3.05, 3.63) is 22.6 Å². The standard InChI is InChI=1S/C22H23F6N3O5S/c1-10-5-11(3-4-31(10)20(33)35-12-6-13(7-12)36-22(26,27)28)34-16-8-15(21(23,24)25)18-17(30-16)14(9-37-18)19(32)29-2/h8-13H,3-7H2,1-2H3,(H,29,32)/t10-,11-,12?,13?/m1/s1. The lowest BCUT2D eigenvalue weighted by atomic mass is 9.92. The zero-order valence-electron chi connectivity index (χ0n) is 19.6. The zero-order valence-corrected chi connectivity index (χ0v) is 20.4. The molecule has 8 nitrogen and oxygen atoms in total. The largest absolute Gasteiger partial charge is 0.522 e. The number of piperidine rings is 1. The molecule has 2 aromatic rings. The van der Waals surface area contributed by atoms with Crippen molar-refractivity contribution >= 4 is 33.6 Å². The van der Waals surface area contributed by atoms with Gasteiger partial charge in [-0.2, -0.15) is 13.2 Å². The lowest BCUT2D eigenvalue weighted by molar-refractivity contribution is -0.355. The predicted molar refractivity (Wildman–Crippen MR) is 118 cm³/mol. The summed E-state index contributed by atoms with van der Waals surface area (Å²) in [5, 5.41) is 3.68. The Morgan fingerprint density at radius 3 is 2.41 bits per heavy atom. The van der Waals surface area contributed by atoms with Crippen LogP contribution in [0.15, 0.2) is 11.4 Å². The third-order valence-corrected chi connectivity index (χ3v) is 7.25. The van der Waals surface area contributed by atoms with Crippen molar-refractivity contribution in [1.82, 2.24) is 15.2 Å². The smallest absolute Gasteiger partial charge is 0.474 e. The summed E-state index contributed by atoms with van der Waals surface area (Å²) in [6, 6.07) is 0.385. The third-order valence-electron chi connectivity index (χ3n) is 6.25. The molecule has 4 rings (SSSR count). The fourth-order valence-electron chi connectivity index (χ4n) is 4.34. The van der Waals surface area contributed by atoms with Gasteiger partial charge < -0.3 is 19.7 Å². The van der Waals surface area contributed by atoms with Crippen molar-refractivity contribution in [1.29, 1.82) is 0 Å². The van der Waals surface area contributed by atoms with Crippen molar-refractivity contribution in [3.63, 3.8) is 0 Å². The number of halogens is 6. The summed E-state index contributed by atoms with van der Waals surface area (Å²) < 4.78 is 92.6. The highest BCUT2D eigenvalue weighted by Gasteiger charge is 2.43. The van der Waals surface area contributed by atoms with Gasteiger partial charge in [-0.25, -0.2) is 9.78 Å². The minimum Gasteiger partial charge on any atom is -0.474 e. The summed E-state index contributed by atoms with van der Waals surface area (Å²) in [6.45, 7) is 1.86. The van der Waals surface area contributed by atoms with E-state index >= 15 is 0 Å². The number of likely N-dealkylation sites (tertiary alicyclic amines) is 1. The van der Waals surface area contributed by atoms with Crippen LogP contribution in [-0.2, 0) is 15.7 Å². The van der Waals surface area contributed by atoms with Crippen molar-refractivity contribution in [3.8, 4) is 5.88 Å². The van der Waals surface area contributed by atoms with Gasteiger partial charge >= 0.3 is 18.6 Å². The van der Waals surface area contributed by atoms with E-state index in [2.05, 4.69) is 15.0 Å².